The Hall–Kier alpha value is -2.67. The highest BCUT2D eigenvalue weighted by atomic mass is 16.5. The minimum Gasteiger partial charge on any atom is -0.478 e. The summed E-state index contributed by atoms with van der Waals surface area (Å²) in [6.07, 6.45) is 2.96. The monoisotopic (exact) mass is 370 g/mol. The summed E-state index contributed by atoms with van der Waals surface area (Å²) in [7, 11) is 0. The van der Waals surface area contributed by atoms with Crippen LogP contribution in [0.3, 0.4) is 0 Å². The number of amides is 1. The molecule has 1 aromatic carbocycles. The van der Waals surface area contributed by atoms with Crippen LogP contribution in [0.1, 0.15) is 19.3 Å². The lowest BCUT2D eigenvalue weighted by molar-refractivity contribution is -0.162. The second-order valence-electron chi connectivity index (χ2n) is 7.15. The van der Waals surface area contributed by atoms with E-state index in [2.05, 4.69) is 4.98 Å². The molecule has 0 spiro atoms. The average Bonchev–Trinajstić information content (AvgIpc) is 3.22. The first-order valence-electron chi connectivity index (χ1n) is 9.21. The van der Waals surface area contributed by atoms with Gasteiger partial charge in [0.05, 0.1) is 18.0 Å². The Bertz CT molecular complexity index is 854. The molecule has 142 valence electrons. The van der Waals surface area contributed by atoms with E-state index in [0.29, 0.717) is 32.1 Å². The van der Waals surface area contributed by atoms with Crippen molar-refractivity contribution in [3.8, 4) is 5.75 Å². The van der Waals surface area contributed by atoms with Crippen LogP contribution in [0.4, 0.5) is 0 Å². The molecular formula is C20H22N2O5. The van der Waals surface area contributed by atoms with Crippen LogP contribution in [0.5, 0.6) is 5.75 Å². The summed E-state index contributed by atoms with van der Waals surface area (Å²) in [6, 6.07) is 9.11. The fraction of sp³-hybridized carbons (Fsp3) is 0.450. The van der Waals surface area contributed by atoms with Gasteiger partial charge in [0.25, 0.3) is 0 Å². The van der Waals surface area contributed by atoms with Crippen LogP contribution < -0.4 is 4.74 Å². The Balaban J connectivity index is 1.48. The molecule has 1 atom stereocenters. The van der Waals surface area contributed by atoms with Gasteiger partial charge in [0.2, 0.25) is 11.5 Å². The third-order valence-corrected chi connectivity index (χ3v) is 5.44. The second-order valence-corrected chi connectivity index (χ2v) is 7.15. The Kier molecular flexibility index (Phi) is 4.70. The number of hydrogen-bond acceptors (Lipinski definition) is 5. The number of hydrogen-bond donors (Lipinski definition) is 1. The van der Waals surface area contributed by atoms with Crippen molar-refractivity contribution >= 4 is 22.8 Å². The molecule has 0 saturated carbocycles. The predicted octanol–water partition coefficient (Wildman–Crippen LogP) is 2.10. The number of carbonyl (C=O) groups excluding carboxylic acids is 1. The van der Waals surface area contributed by atoms with Gasteiger partial charge in [-0.2, -0.15) is 0 Å². The maximum atomic E-state index is 12.5. The number of rotatable bonds is 4. The van der Waals surface area contributed by atoms with Crippen molar-refractivity contribution in [1.82, 2.24) is 9.88 Å². The summed E-state index contributed by atoms with van der Waals surface area (Å²) in [4.78, 5) is 30.6. The number of carbonyl (C=O) groups is 2. The van der Waals surface area contributed by atoms with Crippen molar-refractivity contribution in [2.75, 3.05) is 26.3 Å². The van der Waals surface area contributed by atoms with Gasteiger partial charge in [-0.05, 0) is 30.7 Å². The molecule has 4 rings (SSSR count). The van der Waals surface area contributed by atoms with Crippen molar-refractivity contribution in [3.63, 3.8) is 0 Å². The van der Waals surface area contributed by atoms with Gasteiger partial charge in [-0.1, -0.05) is 6.07 Å². The minimum absolute atomic E-state index is 0.0586. The molecule has 0 bridgehead atoms. The third kappa shape index (κ3) is 3.47. The molecule has 2 fully saturated rings. The number of aromatic nitrogens is 1. The molecule has 0 aliphatic carbocycles. The van der Waals surface area contributed by atoms with Crippen LogP contribution >= 0.6 is 0 Å². The number of benzene rings is 1. The topological polar surface area (TPSA) is 89.0 Å². The van der Waals surface area contributed by atoms with E-state index in [9.17, 15) is 14.7 Å². The van der Waals surface area contributed by atoms with Crippen molar-refractivity contribution in [2.24, 2.45) is 5.92 Å². The summed E-state index contributed by atoms with van der Waals surface area (Å²) in [6.45, 7) is 1.82. The van der Waals surface area contributed by atoms with Crippen molar-refractivity contribution in [2.45, 2.75) is 24.9 Å². The summed E-state index contributed by atoms with van der Waals surface area (Å²) in [5.74, 6) is -0.536. The summed E-state index contributed by atoms with van der Waals surface area (Å²) in [5, 5.41) is 10.7. The Morgan fingerprint density at radius 3 is 2.78 bits per heavy atom. The molecule has 2 aromatic rings. The zero-order valence-electron chi connectivity index (χ0n) is 15.0. The van der Waals surface area contributed by atoms with Gasteiger partial charge in [0.15, 0.2) is 0 Å². The van der Waals surface area contributed by atoms with E-state index in [1.54, 1.807) is 23.2 Å². The van der Waals surface area contributed by atoms with Crippen LogP contribution in [0.25, 0.3) is 10.9 Å². The summed E-state index contributed by atoms with van der Waals surface area (Å²) >= 11 is 0. The molecule has 1 amide bonds. The van der Waals surface area contributed by atoms with Gasteiger partial charge in [0, 0.05) is 44.1 Å². The fourth-order valence-electron chi connectivity index (χ4n) is 3.78. The molecule has 1 aromatic heterocycles. The molecule has 27 heavy (non-hydrogen) atoms. The molecule has 7 heteroatoms. The molecule has 1 N–H and O–H groups in total. The van der Waals surface area contributed by atoms with Crippen LogP contribution in [-0.2, 0) is 14.3 Å². The number of nitrogens with zero attached hydrogens (tertiary/aromatic N) is 2. The van der Waals surface area contributed by atoms with E-state index < -0.39 is 11.6 Å². The van der Waals surface area contributed by atoms with E-state index in [4.69, 9.17) is 9.47 Å². The van der Waals surface area contributed by atoms with Gasteiger partial charge < -0.3 is 19.5 Å². The first-order valence-corrected chi connectivity index (χ1v) is 9.21. The SMILES string of the molecule is O=C([C@@H]1CCOC1)N1CCC(Oc2ccc3ncccc3c2)(C(=O)O)CC1. The van der Waals surface area contributed by atoms with Gasteiger partial charge in [-0.3, -0.25) is 9.78 Å². The van der Waals surface area contributed by atoms with E-state index in [1.807, 2.05) is 18.2 Å². The number of pyridine rings is 1. The largest absolute Gasteiger partial charge is 0.478 e. The third-order valence-electron chi connectivity index (χ3n) is 5.44. The van der Waals surface area contributed by atoms with Crippen LogP contribution in [0.2, 0.25) is 0 Å². The smallest absolute Gasteiger partial charge is 0.348 e. The Morgan fingerprint density at radius 2 is 2.07 bits per heavy atom. The maximum absolute atomic E-state index is 12.5. The molecule has 0 radical (unpaired) electrons. The van der Waals surface area contributed by atoms with Crippen molar-refractivity contribution in [3.05, 3.63) is 36.5 Å². The van der Waals surface area contributed by atoms with Crippen LogP contribution in [0.15, 0.2) is 36.5 Å². The zero-order chi connectivity index (χ0) is 18.9. The average molecular weight is 370 g/mol. The maximum Gasteiger partial charge on any atom is 0.348 e. The number of likely N-dealkylation sites (tertiary alicyclic amines) is 1. The van der Waals surface area contributed by atoms with E-state index in [-0.39, 0.29) is 24.7 Å². The standard InChI is InChI=1S/C20H22N2O5/c23-18(15-5-11-26-13-15)22-9-6-20(7-10-22,19(24)25)27-16-3-4-17-14(12-16)2-1-8-21-17/h1-4,8,12,15H,5-7,9-11,13H2,(H,24,25)/t15-/m1/s1. The zero-order valence-corrected chi connectivity index (χ0v) is 15.0. The lowest BCUT2D eigenvalue weighted by atomic mass is 9.90. The normalized spacial score (nSPS) is 21.9. The minimum atomic E-state index is -1.32. The second kappa shape index (κ2) is 7.15. The highest BCUT2D eigenvalue weighted by molar-refractivity contribution is 5.82. The quantitative estimate of drug-likeness (QED) is 0.887. The Labute approximate surface area is 156 Å². The number of carboxylic acids is 1. The molecule has 2 saturated heterocycles. The summed E-state index contributed by atoms with van der Waals surface area (Å²) < 4.78 is 11.3. The van der Waals surface area contributed by atoms with Crippen molar-refractivity contribution in [1.29, 1.82) is 0 Å². The van der Waals surface area contributed by atoms with Crippen LogP contribution in [-0.4, -0.2) is 58.8 Å². The highest BCUT2D eigenvalue weighted by Gasteiger charge is 2.45. The van der Waals surface area contributed by atoms with Gasteiger partial charge >= 0.3 is 5.97 Å². The number of fused-ring (bicyclic) bond motifs is 1. The van der Waals surface area contributed by atoms with Gasteiger partial charge in [0.1, 0.15) is 5.75 Å². The van der Waals surface area contributed by atoms with E-state index >= 15 is 0 Å². The van der Waals surface area contributed by atoms with Crippen molar-refractivity contribution < 1.29 is 24.2 Å². The first kappa shape index (κ1) is 17.7. The fourth-order valence-corrected chi connectivity index (χ4v) is 3.78. The summed E-state index contributed by atoms with van der Waals surface area (Å²) in [5.41, 5.74) is -0.493. The number of aliphatic carboxylic acids is 1. The van der Waals surface area contributed by atoms with E-state index in [0.717, 1.165) is 17.3 Å². The Morgan fingerprint density at radius 1 is 1.26 bits per heavy atom. The molecule has 2 aliphatic rings. The lowest BCUT2D eigenvalue weighted by Crippen LogP contribution is -2.55. The highest BCUT2D eigenvalue weighted by Crippen LogP contribution is 2.31. The number of piperidine rings is 1. The molecule has 3 heterocycles. The molecular weight excluding hydrogens is 348 g/mol. The van der Waals surface area contributed by atoms with Crippen LogP contribution in [0, 0.1) is 5.92 Å². The molecule has 7 nitrogen and oxygen atoms in total. The van der Waals surface area contributed by atoms with Gasteiger partial charge in [-0.25, -0.2) is 4.79 Å². The predicted molar refractivity (Wildman–Crippen MR) is 97.5 cm³/mol. The molecule has 2 aliphatic heterocycles. The molecule has 0 unspecified atom stereocenters. The number of ether oxygens (including phenoxy) is 2. The first-order chi connectivity index (χ1) is 13.1. The lowest BCUT2D eigenvalue weighted by Gasteiger charge is -2.39. The number of carboxylic acid groups (broad SMARTS) is 1. The van der Waals surface area contributed by atoms with E-state index in [1.165, 1.54) is 0 Å². The van der Waals surface area contributed by atoms with Gasteiger partial charge in [-0.15, -0.1) is 0 Å².